The summed E-state index contributed by atoms with van der Waals surface area (Å²) >= 11 is 6.28. The van der Waals surface area contributed by atoms with Crippen LogP contribution in [-0.2, 0) is 20.0 Å². The van der Waals surface area contributed by atoms with Crippen molar-refractivity contribution >= 4 is 34.8 Å². The molecule has 0 aliphatic heterocycles. The number of aliphatic hydroxyl groups is 4. The molecule has 0 heterocycles. The molecule has 4 unspecified atom stereocenters. The van der Waals surface area contributed by atoms with E-state index in [0.717, 1.165) is 0 Å². The van der Waals surface area contributed by atoms with Gasteiger partial charge in [-0.25, -0.2) is 0 Å². The molecule has 10 nitrogen and oxygen atoms in total. The molecule has 5 atom stereocenters. The Balaban J connectivity index is 2.07. The molecule has 1 amide bonds. The second kappa shape index (κ2) is 7.04. The van der Waals surface area contributed by atoms with E-state index in [0.29, 0.717) is 0 Å². The lowest BCUT2D eigenvalue weighted by molar-refractivity contribution is -0.159. The Morgan fingerprint density at radius 1 is 1.18 bits per heavy atom. The molecular weight excluding hydrogens is 456 g/mol. The molecule has 4 rings (SSSR count). The molecule has 3 aliphatic carbocycles. The maximum absolute atomic E-state index is 13.7. The van der Waals surface area contributed by atoms with Crippen LogP contribution in [0.4, 0.5) is 0 Å². The van der Waals surface area contributed by atoms with Crippen molar-refractivity contribution in [3.8, 4) is 5.75 Å². The maximum atomic E-state index is 13.7. The number of hydrogen-bond acceptors (Lipinski definition) is 9. The second-order valence-electron chi connectivity index (χ2n) is 9.08. The van der Waals surface area contributed by atoms with Crippen molar-refractivity contribution in [3.05, 3.63) is 45.2 Å². The molecule has 1 fully saturated rings. The van der Waals surface area contributed by atoms with Crippen LogP contribution in [0.15, 0.2) is 29.0 Å². The quantitative estimate of drug-likeness (QED) is 0.325. The fourth-order valence-corrected chi connectivity index (χ4v) is 5.93. The molecule has 33 heavy (non-hydrogen) atoms. The number of hydrogen-bond donors (Lipinski definition) is 6. The highest BCUT2D eigenvalue weighted by Crippen LogP contribution is 2.58. The van der Waals surface area contributed by atoms with Crippen LogP contribution in [0.25, 0.3) is 5.76 Å². The number of Topliss-reactive ketones (excluding diaryl/α,β-unsaturated/α-hetero) is 2. The molecule has 1 saturated carbocycles. The van der Waals surface area contributed by atoms with Crippen LogP contribution in [0.5, 0.6) is 5.75 Å². The highest BCUT2D eigenvalue weighted by atomic mass is 35.5. The Morgan fingerprint density at radius 3 is 2.33 bits per heavy atom. The Labute approximate surface area is 193 Å². The minimum atomic E-state index is -2.78. The van der Waals surface area contributed by atoms with E-state index in [4.69, 9.17) is 17.3 Å². The van der Waals surface area contributed by atoms with Crippen molar-refractivity contribution in [1.82, 2.24) is 4.90 Å². The largest absolute Gasteiger partial charge is 0.508 e. The number of carbonyl (C=O) groups is 3. The number of phenolic OH excluding ortho intramolecular Hbond substituents is 1. The number of nitrogens with zero attached hydrogens (tertiary/aromatic N) is 1. The van der Waals surface area contributed by atoms with E-state index >= 15 is 0 Å². The first-order valence-electron chi connectivity index (χ1n) is 10.1. The van der Waals surface area contributed by atoms with E-state index < -0.39 is 75.0 Å². The smallest absolute Gasteiger partial charge is 0.255 e. The van der Waals surface area contributed by atoms with Crippen molar-refractivity contribution in [3.63, 3.8) is 0 Å². The van der Waals surface area contributed by atoms with E-state index in [2.05, 4.69) is 0 Å². The number of carbonyl (C=O) groups excluding carboxylic acids is 3. The molecule has 0 spiro atoms. The number of phenols is 1. The lowest BCUT2D eigenvalue weighted by Gasteiger charge is -2.53. The Morgan fingerprint density at radius 2 is 1.79 bits per heavy atom. The summed E-state index contributed by atoms with van der Waals surface area (Å²) in [5, 5.41) is 55.2. The third-order valence-electron chi connectivity index (χ3n) is 7.07. The number of amides is 1. The van der Waals surface area contributed by atoms with Gasteiger partial charge in [0.15, 0.2) is 11.4 Å². The molecule has 7 N–H and O–H groups in total. The van der Waals surface area contributed by atoms with Crippen molar-refractivity contribution in [1.29, 1.82) is 0 Å². The number of aromatic hydroxyl groups is 1. The summed E-state index contributed by atoms with van der Waals surface area (Å²) in [5.74, 6) is -8.30. The van der Waals surface area contributed by atoms with E-state index in [1.54, 1.807) is 0 Å². The number of likely N-dealkylation sites (N-methyl/N-ethyl adjacent to an activating group) is 1. The predicted molar refractivity (Wildman–Crippen MR) is 115 cm³/mol. The average Bonchev–Trinajstić information content (AvgIpc) is 2.69. The SMILES string of the molecule is CN(C)C1C(=O)C(C(N)=O)=C(O)[C@@]2(O)C(=O)C3=C(O)c4c(O)ccc(Cl)c4C(C)(O)C3CC12. The van der Waals surface area contributed by atoms with Gasteiger partial charge in [0.1, 0.15) is 22.8 Å². The van der Waals surface area contributed by atoms with Gasteiger partial charge in [-0.1, -0.05) is 11.6 Å². The van der Waals surface area contributed by atoms with Gasteiger partial charge < -0.3 is 31.3 Å². The summed E-state index contributed by atoms with van der Waals surface area (Å²) in [4.78, 5) is 40.1. The lowest BCUT2D eigenvalue weighted by Crippen LogP contribution is -2.67. The highest BCUT2D eigenvalue weighted by molar-refractivity contribution is 6.32. The second-order valence-corrected chi connectivity index (χ2v) is 9.48. The fraction of sp³-hybridized carbons (Fsp3) is 0.409. The molecule has 11 heteroatoms. The standard InChI is InChI=1S/C22H23ClN2O8/c1-21(32)7-6-8-15(25(2)3)17(28)13(20(24)31)19(30)22(8,33)18(29)11(7)16(27)12-10(26)5-4-9(23)14(12)21/h4-5,7-8,15,26-27,30,32-33H,6H2,1-3H3,(H2,24,31)/t7?,8?,15?,21?,22-/m0/s1. The number of aliphatic hydroxyl groups excluding tert-OH is 2. The summed E-state index contributed by atoms with van der Waals surface area (Å²) in [6.45, 7) is 1.34. The van der Waals surface area contributed by atoms with Crippen LogP contribution < -0.4 is 5.73 Å². The molecule has 0 bridgehead atoms. The topological polar surface area (TPSA) is 182 Å². The first-order chi connectivity index (χ1) is 15.2. The number of primary amides is 1. The summed E-state index contributed by atoms with van der Waals surface area (Å²) in [7, 11) is 2.97. The molecule has 0 saturated heterocycles. The van der Waals surface area contributed by atoms with Gasteiger partial charge in [-0.2, -0.15) is 0 Å². The van der Waals surface area contributed by atoms with Crippen molar-refractivity contribution in [2.24, 2.45) is 17.6 Å². The van der Waals surface area contributed by atoms with Crippen LogP contribution in [0.1, 0.15) is 24.5 Å². The molecule has 176 valence electrons. The van der Waals surface area contributed by atoms with Gasteiger partial charge in [-0.15, -0.1) is 0 Å². The summed E-state index contributed by atoms with van der Waals surface area (Å²) in [5.41, 5.74) is -1.10. The minimum Gasteiger partial charge on any atom is -0.508 e. The highest BCUT2D eigenvalue weighted by Gasteiger charge is 2.66. The van der Waals surface area contributed by atoms with Gasteiger partial charge in [0.2, 0.25) is 5.78 Å². The van der Waals surface area contributed by atoms with E-state index in [1.807, 2.05) is 0 Å². The molecule has 1 aromatic rings. The zero-order valence-corrected chi connectivity index (χ0v) is 18.7. The van der Waals surface area contributed by atoms with E-state index in [1.165, 1.54) is 38.1 Å². The Bertz CT molecular complexity index is 1200. The lowest BCUT2D eigenvalue weighted by atomic mass is 9.54. The number of benzene rings is 1. The minimum absolute atomic E-state index is 0.0187. The predicted octanol–water partition coefficient (Wildman–Crippen LogP) is 0.282. The van der Waals surface area contributed by atoms with Crippen molar-refractivity contribution in [2.45, 2.75) is 30.6 Å². The van der Waals surface area contributed by atoms with Gasteiger partial charge in [-0.3, -0.25) is 19.3 Å². The molecular formula is C22H23ClN2O8. The maximum Gasteiger partial charge on any atom is 0.255 e. The zero-order chi connectivity index (χ0) is 24.8. The molecule has 1 aromatic carbocycles. The number of halogens is 1. The zero-order valence-electron chi connectivity index (χ0n) is 18.0. The van der Waals surface area contributed by atoms with Crippen LogP contribution in [-0.4, -0.2) is 73.6 Å². The van der Waals surface area contributed by atoms with Crippen LogP contribution in [0.2, 0.25) is 5.02 Å². The van der Waals surface area contributed by atoms with Crippen molar-refractivity contribution in [2.75, 3.05) is 14.1 Å². The summed E-state index contributed by atoms with van der Waals surface area (Å²) < 4.78 is 0. The molecule has 0 radical (unpaired) electrons. The number of rotatable bonds is 2. The van der Waals surface area contributed by atoms with Gasteiger partial charge in [0.25, 0.3) is 5.91 Å². The van der Waals surface area contributed by atoms with Gasteiger partial charge >= 0.3 is 0 Å². The van der Waals surface area contributed by atoms with Gasteiger partial charge in [0.05, 0.1) is 17.2 Å². The Kier molecular flexibility index (Phi) is 4.96. The third kappa shape index (κ3) is 2.75. The normalized spacial score (nSPS) is 33.7. The Hall–Kier alpha value is -2.92. The fourth-order valence-electron chi connectivity index (χ4n) is 5.58. The molecule has 3 aliphatic rings. The van der Waals surface area contributed by atoms with Crippen LogP contribution in [0, 0.1) is 11.8 Å². The molecule has 0 aromatic heterocycles. The first kappa shape index (κ1) is 23.2. The van der Waals surface area contributed by atoms with Crippen LogP contribution in [0.3, 0.4) is 0 Å². The van der Waals surface area contributed by atoms with E-state index in [-0.39, 0.29) is 22.6 Å². The average molecular weight is 479 g/mol. The van der Waals surface area contributed by atoms with Gasteiger partial charge in [0, 0.05) is 28.0 Å². The monoisotopic (exact) mass is 478 g/mol. The number of ketones is 2. The summed E-state index contributed by atoms with van der Waals surface area (Å²) in [6, 6.07) is 1.24. The number of fused-ring (bicyclic) bond motifs is 3. The summed E-state index contributed by atoms with van der Waals surface area (Å²) in [6.07, 6.45) is -0.259. The third-order valence-corrected chi connectivity index (χ3v) is 7.39. The number of nitrogens with two attached hydrogens (primary N) is 1. The van der Waals surface area contributed by atoms with E-state index in [9.17, 15) is 39.9 Å². The van der Waals surface area contributed by atoms with Gasteiger partial charge in [-0.05, 0) is 39.6 Å². The first-order valence-corrected chi connectivity index (χ1v) is 10.5. The van der Waals surface area contributed by atoms with Crippen LogP contribution >= 0.6 is 11.6 Å². The van der Waals surface area contributed by atoms with Crippen molar-refractivity contribution < 1.29 is 39.9 Å².